The topological polar surface area (TPSA) is 48.7 Å². The molecule has 0 radical (unpaired) electrons. The van der Waals surface area contributed by atoms with Gasteiger partial charge >= 0.3 is 0 Å². The van der Waals surface area contributed by atoms with Gasteiger partial charge in [-0.1, -0.05) is 0 Å². The Balaban J connectivity index is 3.19. The Bertz CT molecular complexity index is 464. The highest BCUT2D eigenvalue weighted by molar-refractivity contribution is 5.29. The second kappa shape index (κ2) is 6.02. The molecule has 18 heavy (non-hydrogen) atoms. The van der Waals surface area contributed by atoms with Crippen LogP contribution in [-0.2, 0) is 13.1 Å². The van der Waals surface area contributed by atoms with Crippen LogP contribution in [0.5, 0.6) is 5.75 Å². The molecule has 0 aliphatic heterocycles. The molecule has 0 spiro atoms. The van der Waals surface area contributed by atoms with Gasteiger partial charge < -0.3 is 19.5 Å². The Labute approximate surface area is 108 Å². The van der Waals surface area contributed by atoms with Crippen molar-refractivity contribution >= 4 is 0 Å². The van der Waals surface area contributed by atoms with E-state index in [0.717, 1.165) is 18.8 Å². The van der Waals surface area contributed by atoms with Crippen molar-refractivity contribution in [1.29, 1.82) is 0 Å². The van der Waals surface area contributed by atoms with Crippen molar-refractivity contribution < 1.29 is 5.11 Å². The lowest BCUT2D eigenvalue weighted by atomic mass is 10.2. The molecule has 102 valence electrons. The maximum Gasteiger partial charge on any atom is 0.223 e. The molecule has 1 aromatic heterocycles. The summed E-state index contributed by atoms with van der Waals surface area (Å²) in [7, 11) is 7.84. The Morgan fingerprint density at radius 1 is 1.22 bits per heavy atom. The van der Waals surface area contributed by atoms with Crippen LogP contribution in [0.15, 0.2) is 10.9 Å². The molecule has 5 nitrogen and oxygen atoms in total. The first-order chi connectivity index (χ1) is 8.32. The second-order valence-electron chi connectivity index (χ2n) is 5.14. The van der Waals surface area contributed by atoms with Crippen LogP contribution >= 0.6 is 0 Å². The van der Waals surface area contributed by atoms with Crippen molar-refractivity contribution in [3.8, 4) is 5.75 Å². The molecule has 0 aliphatic rings. The Morgan fingerprint density at radius 3 is 2.33 bits per heavy atom. The fourth-order valence-corrected chi connectivity index (χ4v) is 1.89. The van der Waals surface area contributed by atoms with Crippen LogP contribution in [0.4, 0.5) is 0 Å². The van der Waals surface area contributed by atoms with Crippen molar-refractivity contribution in [2.75, 3.05) is 34.7 Å². The van der Waals surface area contributed by atoms with E-state index in [9.17, 15) is 9.90 Å². The highest BCUT2D eigenvalue weighted by Crippen LogP contribution is 2.15. The van der Waals surface area contributed by atoms with E-state index in [1.54, 1.807) is 0 Å². The lowest BCUT2D eigenvalue weighted by Gasteiger charge is -2.21. The van der Waals surface area contributed by atoms with Crippen molar-refractivity contribution in [3.05, 3.63) is 27.7 Å². The summed E-state index contributed by atoms with van der Waals surface area (Å²) in [5.74, 6) is -0.131. The Morgan fingerprint density at radius 2 is 1.83 bits per heavy atom. The van der Waals surface area contributed by atoms with Gasteiger partial charge in [-0.15, -0.1) is 0 Å². The van der Waals surface area contributed by atoms with Crippen LogP contribution in [0.1, 0.15) is 11.4 Å². The number of aryl methyl sites for hydroxylation is 1. The van der Waals surface area contributed by atoms with Gasteiger partial charge in [0.25, 0.3) is 0 Å². The lowest BCUT2D eigenvalue weighted by Crippen LogP contribution is -2.26. The number of pyridine rings is 1. The lowest BCUT2D eigenvalue weighted by molar-refractivity contribution is 0.341. The highest BCUT2D eigenvalue weighted by Gasteiger charge is 2.13. The van der Waals surface area contributed by atoms with E-state index in [1.165, 1.54) is 6.07 Å². The summed E-state index contributed by atoms with van der Waals surface area (Å²) in [6, 6.07) is 1.49. The van der Waals surface area contributed by atoms with Crippen molar-refractivity contribution in [1.82, 2.24) is 14.4 Å². The minimum atomic E-state index is -0.301. The Hall–Kier alpha value is -1.33. The maximum atomic E-state index is 11.6. The minimum absolute atomic E-state index is 0.131. The number of hydrogen-bond acceptors (Lipinski definition) is 4. The fraction of sp³-hybridized carbons (Fsp3) is 0.615. The minimum Gasteiger partial charge on any atom is -0.503 e. The van der Waals surface area contributed by atoms with E-state index in [0.29, 0.717) is 12.2 Å². The molecule has 0 aromatic carbocycles. The number of rotatable bonds is 5. The quantitative estimate of drug-likeness (QED) is 0.829. The number of hydrogen-bond donors (Lipinski definition) is 1. The van der Waals surface area contributed by atoms with E-state index in [4.69, 9.17) is 0 Å². The predicted molar refractivity (Wildman–Crippen MR) is 73.0 cm³/mol. The molecule has 1 aromatic rings. The van der Waals surface area contributed by atoms with Gasteiger partial charge in [0.1, 0.15) is 0 Å². The van der Waals surface area contributed by atoms with E-state index < -0.39 is 0 Å². The predicted octanol–water partition coefficient (Wildman–Crippen LogP) is 0.486. The standard InChI is InChI=1S/C13H23N3O2/c1-10-8-12(17)13(18)11(9-15(4)5)16(10)7-6-14(2)3/h8,18H,6-7,9H2,1-5H3. The van der Waals surface area contributed by atoms with Crippen LogP contribution in [0.2, 0.25) is 0 Å². The molecule has 0 fully saturated rings. The molecule has 1 N–H and O–H groups in total. The van der Waals surface area contributed by atoms with Crippen molar-refractivity contribution in [3.63, 3.8) is 0 Å². The van der Waals surface area contributed by atoms with Gasteiger partial charge in [0.05, 0.1) is 5.69 Å². The summed E-state index contributed by atoms with van der Waals surface area (Å²) in [4.78, 5) is 15.7. The summed E-state index contributed by atoms with van der Waals surface area (Å²) in [6.45, 7) is 4.07. The monoisotopic (exact) mass is 253 g/mol. The average Bonchev–Trinajstić information content (AvgIpc) is 2.24. The van der Waals surface area contributed by atoms with Gasteiger partial charge in [0.2, 0.25) is 5.43 Å². The summed E-state index contributed by atoms with van der Waals surface area (Å²) >= 11 is 0. The molecule has 0 atom stereocenters. The zero-order valence-corrected chi connectivity index (χ0v) is 11.9. The molecule has 0 unspecified atom stereocenters. The molecule has 1 heterocycles. The summed E-state index contributed by atoms with van der Waals surface area (Å²) < 4.78 is 2.01. The molecular formula is C13H23N3O2. The average molecular weight is 253 g/mol. The zero-order valence-electron chi connectivity index (χ0n) is 11.9. The zero-order chi connectivity index (χ0) is 13.9. The molecule has 0 amide bonds. The van der Waals surface area contributed by atoms with Gasteiger partial charge in [0, 0.05) is 31.4 Å². The molecule has 0 aliphatic carbocycles. The van der Waals surface area contributed by atoms with Gasteiger partial charge in [-0.2, -0.15) is 0 Å². The van der Waals surface area contributed by atoms with E-state index >= 15 is 0 Å². The van der Waals surface area contributed by atoms with Crippen LogP contribution in [0.25, 0.3) is 0 Å². The highest BCUT2D eigenvalue weighted by atomic mass is 16.3. The SMILES string of the molecule is Cc1cc(=O)c(O)c(CN(C)C)n1CCN(C)C. The van der Waals surface area contributed by atoms with Crippen molar-refractivity contribution in [2.24, 2.45) is 0 Å². The summed E-state index contributed by atoms with van der Waals surface area (Å²) in [6.07, 6.45) is 0. The molecule has 0 saturated heterocycles. The number of likely N-dealkylation sites (N-methyl/N-ethyl adjacent to an activating group) is 1. The largest absolute Gasteiger partial charge is 0.503 e. The third-order valence-corrected chi connectivity index (χ3v) is 2.84. The molecule has 5 heteroatoms. The molecular weight excluding hydrogens is 230 g/mol. The Kier molecular flexibility index (Phi) is 4.93. The van der Waals surface area contributed by atoms with Gasteiger partial charge in [-0.05, 0) is 35.1 Å². The van der Waals surface area contributed by atoms with E-state index in [-0.39, 0.29) is 11.2 Å². The maximum absolute atomic E-state index is 11.6. The van der Waals surface area contributed by atoms with Crippen molar-refractivity contribution in [2.45, 2.75) is 20.0 Å². The van der Waals surface area contributed by atoms with Gasteiger partial charge in [-0.3, -0.25) is 4.79 Å². The first kappa shape index (κ1) is 14.7. The number of nitrogens with zero attached hydrogens (tertiary/aromatic N) is 3. The summed E-state index contributed by atoms with van der Waals surface area (Å²) in [5.41, 5.74) is 1.27. The first-order valence-corrected chi connectivity index (χ1v) is 6.04. The van der Waals surface area contributed by atoms with Crippen LogP contribution < -0.4 is 5.43 Å². The van der Waals surface area contributed by atoms with Crippen LogP contribution in [0, 0.1) is 6.92 Å². The smallest absolute Gasteiger partial charge is 0.223 e. The van der Waals surface area contributed by atoms with E-state index in [2.05, 4.69) is 4.90 Å². The molecule has 0 saturated carbocycles. The van der Waals surface area contributed by atoms with E-state index in [1.807, 2.05) is 44.6 Å². The van der Waals surface area contributed by atoms with Gasteiger partial charge in [0.15, 0.2) is 5.75 Å². The third kappa shape index (κ3) is 3.58. The van der Waals surface area contributed by atoms with Crippen LogP contribution in [-0.4, -0.2) is 54.2 Å². The fourth-order valence-electron chi connectivity index (χ4n) is 1.89. The first-order valence-electron chi connectivity index (χ1n) is 6.04. The molecule has 0 bridgehead atoms. The summed E-state index contributed by atoms with van der Waals surface area (Å²) in [5, 5.41) is 9.94. The second-order valence-corrected chi connectivity index (χ2v) is 5.14. The van der Waals surface area contributed by atoms with Gasteiger partial charge in [-0.25, -0.2) is 0 Å². The number of aromatic hydroxyl groups is 1. The number of aromatic nitrogens is 1. The van der Waals surface area contributed by atoms with Crippen LogP contribution in [0.3, 0.4) is 0 Å². The third-order valence-electron chi connectivity index (χ3n) is 2.84. The normalized spacial score (nSPS) is 11.5. The molecule has 1 rings (SSSR count).